The van der Waals surface area contributed by atoms with Crippen LogP contribution in [0.3, 0.4) is 0 Å². The van der Waals surface area contributed by atoms with Gasteiger partial charge in [-0.15, -0.1) is 0 Å². The molecule has 2 N–H and O–H groups in total. The molecule has 5 heteroatoms. The minimum Gasteiger partial charge on any atom is -0.357 e. The highest BCUT2D eigenvalue weighted by Gasteiger charge is 2.08. The van der Waals surface area contributed by atoms with E-state index in [0.717, 1.165) is 32.0 Å². The lowest BCUT2D eigenvalue weighted by atomic mass is 10.1. The summed E-state index contributed by atoms with van der Waals surface area (Å²) in [5, 5.41) is 6.16. The Labute approximate surface area is 140 Å². The lowest BCUT2D eigenvalue weighted by Crippen LogP contribution is -2.39. The van der Waals surface area contributed by atoms with Crippen molar-refractivity contribution in [3.63, 3.8) is 0 Å². The van der Waals surface area contributed by atoms with E-state index in [-0.39, 0.29) is 5.91 Å². The fourth-order valence-corrected chi connectivity index (χ4v) is 2.20. The summed E-state index contributed by atoms with van der Waals surface area (Å²) in [4.78, 5) is 18.3. The van der Waals surface area contributed by atoms with Crippen LogP contribution in [0.4, 0.5) is 0 Å². The predicted octanol–water partition coefficient (Wildman–Crippen LogP) is 2.31. The summed E-state index contributed by atoms with van der Waals surface area (Å²) in [6.45, 7) is 9.03. The van der Waals surface area contributed by atoms with Gasteiger partial charge in [-0.3, -0.25) is 9.79 Å². The van der Waals surface area contributed by atoms with Crippen LogP contribution in [0, 0.1) is 6.92 Å². The molecule has 1 aromatic rings. The van der Waals surface area contributed by atoms with Crippen LogP contribution in [0.1, 0.15) is 37.8 Å². The molecule has 0 unspecified atom stereocenters. The van der Waals surface area contributed by atoms with Crippen LogP contribution < -0.4 is 10.6 Å². The number of aryl methyl sites for hydroxylation is 1. The van der Waals surface area contributed by atoms with Gasteiger partial charge in [0.25, 0.3) is 0 Å². The van der Waals surface area contributed by atoms with Gasteiger partial charge in [-0.2, -0.15) is 0 Å². The molecule has 0 saturated carbocycles. The Morgan fingerprint density at radius 2 is 1.96 bits per heavy atom. The van der Waals surface area contributed by atoms with Gasteiger partial charge in [0.2, 0.25) is 5.91 Å². The number of aliphatic imine (C=N–C) groups is 1. The van der Waals surface area contributed by atoms with E-state index in [4.69, 9.17) is 0 Å². The normalized spacial score (nSPS) is 11.2. The second-order valence-electron chi connectivity index (χ2n) is 5.62. The number of carbonyl (C=O) groups excluding carboxylic acids is 1. The van der Waals surface area contributed by atoms with Gasteiger partial charge in [-0.05, 0) is 31.4 Å². The molecule has 0 atom stereocenters. The first-order chi connectivity index (χ1) is 11.1. The van der Waals surface area contributed by atoms with Crippen molar-refractivity contribution in [3.8, 4) is 0 Å². The fraction of sp³-hybridized carbons (Fsp3) is 0.556. The molecule has 0 radical (unpaired) electrons. The summed E-state index contributed by atoms with van der Waals surface area (Å²) in [7, 11) is 2.02. The van der Waals surface area contributed by atoms with Crippen LogP contribution in [0.5, 0.6) is 0 Å². The SMILES string of the molecule is CCCNC(=O)CCN=C(NCC)N(C)Cc1ccccc1C. The number of hydrogen-bond acceptors (Lipinski definition) is 2. The van der Waals surface area contributed by atoms with E-state index in [2.05, 4.69) is 45.6 Å². The fourth-order valence-electron chi connectivity index (χ4n) is 2.20. The zero-order valence-electron chi connectivity index (χ0n) is 14.9. The predicted molar refractivity (Wildman–Crippen MR) is 96.5 cm³/mol. The van der Waals surface area contributed by atoms with Gasteiger partial charge in [0.05, 0.1) is 6.54 Å². The molecule has 0 aliphatic heterocycles. The van der Waals surface area contributed by atoms with Gasteiger partial charge < -0.3 is 15.5 Å². The number of carbonyl (C=O) groups is 1. The van der Waals surface area contributed by atoms with Gasteiger partial charge >= 0.3 is 0 Å². The largest absolute Gasteiger partial charge is 0.357 e. The van der Waals surface area contributed by atoms with E-state index in [1.165, 1.54) is 11.1 Å². The second-order valence-corrected chi connectivity index (χ2v) is 5.62. The Kier molecular flexibility index (Phi) is 8.80. The Morgan fingerprint density at radius 3 is 2.61 bits per heavy atom. The third-order valence-corrected chi connectivity index (χ3v) is 3.54. The molecule has 0 aliphatic rings. The molecule has 0 saturated heterocycles. The van der Waals surface area contributed by atoms with Crippen LogP contribution >= 0.6 is 0 Å². The maximum Gasteiger partial charge on any atom is 0.221 e. The van der Waals surface area contributed by atoms with E-state index >= 15 is 0 Å². The molecule has 0 heterocycles. The lowest BCUT2D eigenvalue weighted by molar-refractivity contribution is -0.120. The third-order valence-electron chi connectivity index (χ3n) is 3.54. The van der Waals surface area contributed by atoms with Gasteiger partial charge in [0.1, 0.15) is 0 Å². The summed E-state index contributed by atoms with van der Waals surface area (Å²) in [6, 6.07) is 8.35. The minimum atomic E-state index is 0.0630. The molecule has 0 aliphatic carbocycles. The number of rotatable bonds is 8. The Balaban J connectivity index is 2.60. The highest BCUT2D eigenvalue weighted by atomic mass is 16.1. The quantitative estimate of drug-likeness (QED) is 0.571. The average molecular weight is 318 g/mol. The van der Waals surface area contributed by atoms with Gasteiger partial charge in [-0.25, -0.2) is 0 Å². The summed E-state index contributed by atoms with van der Waals surface area (Å²) in [5.74, 6) is 0.895. The standard InChI is InChI=1S/C18H30N4O/c1-5-12-20-17(23)11-13-21-18(19-6-2)22(4)14-16-10-8-7-9-15(16)3/h7-10H,5-6,11-14H2,1-4H3,(H,19,21)(H,20,23). The Bertz CT molecular complexity index is 513. The summed E-state index contributed by atoms with van der Waals surface area (Å²) in [6.07, 6.45) is 1.38. The third kappa shape index (κ3) is 7.17. The molecular formula is C18H30N4O. The minimum absolute atomic E-state index is 0.0630. The molecule has 0 aromatic heterocycles. The van der Waals surface area contributed by atoms with Crippen LogP contribution in [-0.4, -0.2) is 43.4 Å². The van der Waals surface area contributed by atoms with E-state index in [0.29, 0.717) is 13.0 Å². The molecule has 1 rings (SSSR count). The first kappa shape index (κ1) is 19.0. The zero-order chi connectivity index (χ0) is 17.1. The van der Waals surface area contributed by atoms with Crippen molar-refractivity contribution in [3.05, 3.63) is 35.4 Å². The molecule has 128 valence electrons. The second kappa shape index (κ2) is 10.6. The number of nitrogens with one attached hydrogen (secondary N) is 2. The number of amides is 1. The van der Waals surface area contributed by atoms with Crippen molar-refractivity contribution in [1.82, 2.24) is 15.5 Å². The number of guanidine groups is 1. The van der Waals surface area contributed by atoms with Gasteiger partial charge in [0, 0.05) is 33.1 Å². The smallest absolute Gasteiger partial charge is 0.221 e. The molecule has 0 fully saturated rings. The van der Waals surface area contributed by atoms with Crippen LogP contribution in [0.25, 0.3) is 0 Å². The maximum atomic E-state index is 11.6. The van der Waals surface area contributed by atoms with Crippen molar-refractivity contribution in [2.45, 2.75) is 40.2 Å². The summed E-state index contributed by atoms with van der Waals surface area (Å²) >= 11 is 0. The van der Waals surface area contributed by atoms with E-state index in [1.54, 1.807) is 0 Å². The van der Waals surface area contributed by atoms with Crippen LogP contribution in [0.15, 0.2) is 29.3 Å². The Morgan fingerprint density at radius 1 is 1.22 bits per heavy atom. The van der Waals surface area contributed by atoms with Crippen molar-refractivity contribution in [2.24, 2.45) is 4.99 Å². The zero-order valence-corrected chi connectivity index (χ0v) is 14.9. The van der Waals surface area contributed by atoms with Crippen molar-refractivity contribution in [2.75, 3.05) is 26.7 Å². The van der Waals surface area contributed by atoms with Gasteiger partial charge in [0.15, 0.2) is 5.96 Å². The number of hydrogen-bond donors (Lipinski definition) is 2. The summed E-state index contributed by atoms with van der Waals surface area (Å²) in [5.41, 5.74) is 2.55. The molecular weight excluding hydrogens is 288 g/mol. The molecule has 23 heavy (non-hydrogen) atoms. The molecule has 1 aromatic carbocycles. The lowest BCUT2D eigenvalue weighted by Gasteiger charge is -2.23. The molecule has 0 bridgehead atoms. The number of benzene rings is 1. The van der Waals surface area contributed by atoms with Gasteiger partial charge in [-0.1, -0.05) is 31.2 Å². The van der Waals surface area contributed by atoms with Crippen LogP contribution in [-0.2, 0) is 11.3 Å². The topological polar surface area (TPSA) is 56.7 Å². The Hall–Kier alpha value is -2.04. The molecule has 0 spiro atoms. The maximum absolute atomic E-state index is 11.6. The molecule has 5 nitrogen and oxygen atoms in total. The highest BCUT2D eigenvalue weighted by molar-refractivity contribution is 5.80. The summed E-state index contributed by atoms with van der Waals surface area (Å²) < 4.78 is 0. The van der Waals surface area contributed by atoms with Crippen molar-refractivity contribution in [1.29, 1.82) is 0 Å². The van der Waals surface area contributed by atoms with E-state index in [9.17, 15) is 4.79 Å². The van der Waals surface area contributed by atoms with E-state index < -0.39 is 0 Å². The monoisotopic (exact) mass is 318 g/mol. The van der Waals surface area contributed by atoms with E-state index in [1.807, 2.05) is 27.0 Å². The molecule has 1 amide bonds. The highest BCUT2D eigenvalue weighted by Crippen LogP contribution is 2.09. The average Bonchev–Trinajstić information content (AvgIpc) is 2.54. The van der Waals surface area contributed by atoms with Crippen LogP contribution in [0.2, 0.25) is 0 Å². The van der Waals surface area contributed by atoms with Crippen molar-refractivity contribution < 1.29 is 4.79 Å². The first-order valence-corrected chi connectivity index (χ1v) is 8.39. The first-order valence-electron chi connectivity index (χ1n) is 8.39. The van der Waals surface area contributed by atoms with Crippen molar-refractivity contribution >= 4 is 11.9 Å². The number of nitrogens with zero attached hydrogens (tertiary/aromatic N) is 2.